The average molecular weight is 809 g/mol. The molecule has 5 rings (SSSR count). The number of nitrogens with one attached hydrogen (secondary N) is 1. The van der Waals surface area contributed by atoms with Gasteiger partial charge in [0.25, 0.3) is 0 Å². The Morgan fingerprint density at radius 3 is 2.40 bits per heavy atom. The van der Waals surface area contributed by atoms with Crippen LogP contribution in [-0.4, -0.2) is 82.9 Å². The van der Waals surface area contributed by atoms with Crippen LogP contribution in [0.5, 0.6) is 0 Å². The molecule has 0 spiro atoms. The maximum atomic E-state index is 14.7. The van der Waals surface area contributed by atoms with Gasteiger partial charge in [0.15, 0.2) is 5.78 Å². The van der Waals surface area contributed by atoms with Gasteiger partial charge in [-0.25, -0.2) is 19.3 Å². The second kappa shape index (κ2) is 15.0. The zero-order valence-corrected chi connectivity index (χ0v) is 30.3. The molecule has 0 aliphatic carbocycles. The lowest BCUT2D eigenvalue weighted by Gasteiger charge is -2.28. The molecule has 4 aromatic rings. The minimum absolute atomic E-state index is 0.0479. The number of fused-ring (bicyclic) bond motifs is 1. The number of nitrogens with zero attached hydrogens (tertiary/aromatic N) is 7. The Hall–Kier alpha value is -4.06. The SMILES string of the molecule is CC(=O)c1nn(CC(=O)N2[C@H](I)[C@@H](CCCN(C)C)C[C@H]2C(=O)Nc2nc(C(F)(F)F)ccc2C)c2c(CF)cc(-c3cnc(C)nc3)cc12. The van der Waals surface area contributed by atoms with Gasteiger partial charge in [0.1, 0.15) is 42.3 Å². The number of hydrogen-bond donors (Lipinski definition) is 1. The Kier molecular flexibility index (Phi) is 11.2. The number of benzene rings is 1. The van der Waals surface area contributed by atoms with E-state index in [0.717, 1.165) is 19.0 Å². The highest BCUT2D eigenvalue weighted by Crippen LogP contribution is 2.39. The molecule has 16 heteroatoms. The molecule has 0 bridgehead atoms. The van der Waals surface area contributed by atoms with Gasteiger partial charge in [-0.1, -0.05) is 28.7 Å². The van der Waals surface area contributed by atoms with Crippen LogP contribution >= 0.6 is 22.6 Å². The molecule has 1 saturated heterocycles. The molecular weight excluding hydrogens is 771 g/mol. The van der Waals surface area contributed by atoms with Gasteiger partial charge < -0.3 is 15.1 Å². The summed E-state index contributed by atoms with van der Waals surface area (Å²) in [5, 5.41) is 7.34. The van der Waals surface area contributed by atoms with Gasteiger partial charge in [-0.05, 0) is 89.0 Å². The summed E-state index contributed by atoms with van der Waals surface area (Å²) < 4.78 is 55.8. The highest BCUT2D eigenvalue weighted by molar-refractivity contribution is 14.1. The molecule has 2 amide bonds. The Labute approximate surface area is 300 Å². The van der Waals surface area contributed by atoms with Crippen LogP contribution in [0, 0.1) is 19.8 Å². The Balaban J connectivity index is 1.50. The highest BCUT2D eigenvalue weighted by atomic mass is 127. The first-order chi connectivity index (χ1) is 23.6. The fraction of sp³-hybridized carbons (Fsp3) is 0.441. The van der Waals surface area contributed by atoms with Gasteiger partial charge in [-0.3, -0.25) is 19.1 Å². The van der Waals surface area contributed by atoms with Crippen LogP contribution in [0.1, 0.15) is 59.3 Å². The molecule has 0 unspecified atom stereocenters. The van der Waals surface area contributed by atoms with Crippen LogP contribution in [0.4, 0.5) is 23.4 Å². The van der Waals surface area contributed by atoms with Crippen molar-refractivity contribution in [2.45, 2.75) is 69.5 Å². The van der Waals surface area contributed by atoms with E-state index in [9.17, 15) is 31.9 Å². The van der Waals surface area contributed by atoms with Crippen molar-refractivity contribution in [1.82, 2.24) is 34.5 Å². The lowest BCUT2D eigenvalue weighted by molar-refractivity contribution is -0.141. The van der Waals surface area contributed by atoms with Crippen molar-refractivity contribution >= 4 is 56.9 Å². The second-order valence-electron chi connectivity index (χ2n) is 12.7. The van der Waals surface area contributed by atoms with Crippen molar-refractivity contribution in [2.24, 2.45) is 5.92 Å². The van der Waals surface area contributed by atoms with E-state index in [0.29, 0.717) is 34.3 Å². The van der Waals surface area contributed by atoms with E-state index in [-0.39, 0.29) is 34.9 Å². The molecule has 1 N–H and O–H groups in total. The fourth-order valence-corrected chi connectivity index (χ4v) is 7.55. The normalized spacial score (nSPS) is 17.9. The van der Waals surface area contributed by atoms with Crippen molar-refractivity contribution in [2.75, 3.05) is 26.0 Å². The fourth-order valence-electron chi connectivity index (χ4n) is 6.19. The van der Waals surface area contributed by atoms with Gasteiger partial charge in [0, 0.05) is 35.8 Å². The maximum absolute atomic E-state index is 14.7. The zero-order chi connectivity index (χ0) is 36.5. The number of carbonyl (C=O) groups excluding carboxylic acids is 3. The summed E-state index contributed by atoms with van der Waals surface area (Å²) in [6, 6.07) is 4.31. The Bertz CT molecular complexity index is 1920. The number of aryl methyl sites for hydroxylation is 2. The molecule has 11 nitrogen and oxygen atoms in total. The van der Waals surface area contributed by atoms with Crippen molar-refractivity contribution in [1.29, 1.82) is 0 Å². The molecular formula is C34H37F4IN8O3. The number of Topliss-reactive ketones (excluding diaryl/α,β-unsaturated/α-hetero) is 1. The van der Waals surface area contributed by atoms with E-state index < -0.39 is 52.8 Å². The van der Waals surface area contributed by atoms with Crippen LogP contribution in [0.25, 0.3) is 22.0 Å². The number of aromatic nitrogens is 5. The number of likely N-dealkylation sites (tertiary alicyclic amines) is 1. The zero-order valence-electron chi connectivity index (χ0n) is 28.2. The van der Waals surface area contributed by atoms with Crippen LogP contribution in [-0.2, 0) is 29.0 Å². The molecule has 1 aliphatic rings. The van der Waals surface area contributed by atoms with E-state index in [4.69, 9.17) is 0 Å². The third-order valence-corrected chi connectivity index (χ3v) is 10.3. The predicted molar refractivity (Wildman–Crippen MR) is 187 cm³/mol. The summed E-state index contributed by atoms with van der Waals surface area (Å²) >= 11 is 2.13. The number of pyridine rings is 1. The minimum atomic E-state index is -4.72. The summed E-state index contributed by atoms with van der Waals surface area (Å²) in [6.45, 7) is 4.04. The molecule has 50 heavy (non-hydrogen) atoms. The third-order valence-electron chi connectivity index (χ3n) is 8.72. The first-order valence-electron chi connectivity index (χ1n) is 15.9. The lowest BCUT2D eigenvalue weighted by Crippen LogP contribution is -2.47. The van der Waals surface area contributed by atoms with Gasteiger partial charge in [0.2, 0.25) is 11.8 Å². The standard InChI is InChI=1S/C34H37F4IN8O3/c1-18-8-9-27(34(36,37)38)42-32(18)43-33(50)26-13-21(7-6-10-45(4)5)31(39)47(26)28(49)17-46-30-23(14-35)11-22(24-15-40-20(3)41-16-24)12-25(30)29(44-46)19(2)48/h8-9,11-12,15-16,21,26,31H,6-7,10,13-14,17H2,1-5H3,(H,42,43,50)/t21-,26-,31-/m0/s1. The first kappa shape index (κ1) is 37.2. The highest BCUT2D eigenvalue weighted by Gasteiger charge is 2.46. The summed E-state index contributed by atoms with van der Waals surface area (Å²) in [5.74, 6) is -1.38. The first-order valence-corrected chi connectivity index (χ1v) is 17.2. The predicted octanol–water partition coefficient (Wildman–Crippen LogP) is 6.15. The smallest absolute Gasteiger partial charge is 0.317 e. The van der Waals surface area contributed by atoms with E-state index >= 15 is 0 Å². The van der Waals surface area contributed by atoms with Gasteiger partial charge in [-0.2, -0.15) is 18.3 Å². The Morgan fingerprint density at radius 2 is 1.78 bits per heavy atom. The van der Waals surface area contributed by atoms with Crippen LogP contribution < -0.4 is 5.32 Å². The molecule has 1 aromatic carbocycles. The number of hydrogen-bond acceptors (Lipinski definition) is 8. The van der Waals surface area contributed by atoms with Crippen molar-refractivity contribution in [3.63, 3.8) is 0 Å². The van der Waals surface area contributed by atoms with Crippen LogP contribution in [0.2, 0.25) is 0 Å². The van der Waals surface area contributed by atoms with Crippen molar-refractivity contribution in [3.05, 3.63) is 65.0 Å². The number of rotatable bonds is 11. The summed E-state index contributed by atoms with van der Waals surface area (Å²) in [4.78, 5) is 56.3. The molecule has 1 aliphatic heterocycles. The molecule has 3 aromatic heterocycles. The Morgan fingerprint density at radius 1 is 1.08 bits per heavy atom. The number of carbonyl (C=O) groups is 3. The number of ketones is 1. The topological polar surface area (TPSA) is 126 Å². The van der Waals surface area contributed by atoms with E-state index in [1.165, 1.54) is 29.5 Å². The molecule has 1 fully saturated rings. The molecule has 266 valence electrons. The van der Waals surface area contributed by atoms with E-state index in [1.807, 2.05) is 19.0 Å². The maximum Gasteiger partial charge on any atom is 0.433 e. The summed E-state index contributed by atoms with van der Waals surface area (Å²) in [6.07, 6.45) is 0.228. The largest absolute Gasteiger partial charge is 0.433 e. The number of halogens is 5. The van der Waals surface area contributed by atoms with Crippen LogP contribution in [0.3, 0.4) is 0 Å². The number of alkyl halides is 5. The molecule has 3 atom stereocenters. The summed E-state index contributed by atoms with van der Waals surface area (Å²) in [7, 11) is 3.89. The molecule has 0 saturated carbocycles. The monoisotopic (exact) mass is 808 g/mol. The van der Waals surface area contributed by atoms with E-state index in [2.05, 4.69) is 48.0 Å². The quantitative estimate of drug-likeness (QED) is 0.0629. The summed E-state index contributed by atoms with van der Waals surface area (Å²) in [5.41, 5.74) is 0.855. The lowest BCUT2D eigenvalue weighted by atomic mass is 9.99. The average Bonchev–Trinajstić information content (AvgIpc) is 3.58. The van der Waals surface area contributed by atoms with Gasteiger partial charge >= 0.3 is 6.18 Å². The third kappa shape index (κ3) is 7.95. The van der Waals surface area contributed by atoms with E-state index in [1.54, 1.807) is 31.5 Å². The minimum Gasteiger partial charge on any atom is -0.317 e. The number of amides is 2. The van der Waals surface area contributed by atoms with Crippen LogP contribution in [0.15, 0.2) is 36.7 Å². The second-order valence-corrected chi connectivity index (χ2v) is 14.0. The van der Waals surface area contributed by atoms with Crippen molar-refractivity contribution in [3.8, 4) is 11.1 Å². The van der Waals surface area contributed by atoms with Crippen molar-refractivity contribution < 1.29 is 31.9 Å². The van der Waals surface area contributed by atoms with Gasteiger partial charge in [0.05, 0.1) is 9.57 Å². The van der Waals surface area contributed by atoms with Gasteiger partial charge in [-0.15, -0.1) is 0 Å². The molecule has 4 heterocycles. The molecule has 0 radical (unpaired) electrons. The number of anilines is 1.